The standard InChI is InChI=1S/C33H39N5O5S/c1-23(2)20-27-33(41)35-14-17-37-16-13-34-32(37)24-6-3-7-26(21-24)42-18-5-15-38(22-30(39)36-27)31(40)12-10-25-9-11-28(43-25)29-8-4-19-44-29/h3-4,6-9,11,13,16,19,21,23,27H,5,10,12,14-15,17-18,20,22H2,1-2H3,(H,35,41)(H,36,39)/t27-/m1/s1. The number of amides is 3. The first-order valence-electron chi connectivity index (χ1n) is 15.1. The molecular formula is C33H39N5O5S. The zero-order valence-corrected chi connectivity index (χ0v) is 26.0. The molecule has 4 heterocycles. The molecule has 1 aliphatic heterocycles. The van der Waals surface area contributed by atoms with Gasteiger partial charge in [-0.3, -0.25) is 14.4 Å². The van der Waals surface area contributed by atoms with Gasteiger partial charge >= 0.3 is 0 Å². The Morgan fingerprint density at radius 3 is 2.84 bits per heavy atom. The normalized spacial score (nSPS) is 16.8. The molecular weight excluding hydrogens is 578 g/mol. The van der Waals surface area contributed by atoms with E-state index in [1.165, 1.54) is 0 Å². The van der Waals surface area contributed by atoms with Crippen LogP contribution in [0.5, 0.6) is 5.75 Å². The van der Waals surface area contributed by atoms with Crippen LogP contribution in [0.15, 0.2) is 70.7 Å². The summed E-state index contributed by atoms with van der Waals surface area (Å²) < 4.78 is 14.0. The minimum atomic E-state index is -0.709. The summed E-state index contributed by atoms with van der Waals surface area (Å²) in [5.74, 6) is 2.35. The molecule has 0 saturated heterocycles. The topological polar surface area (TPSA) is 119 Å². The third-order valence-corrected chi connectivity index (χ3v) is 8.24. The summed E-state index contributed by atoms with van der Waals surface area (Å²) in [4.78, 5) is 46.9. The van der Waals surface area contributed by atoms with Crippen LogP contribution in [0.3, 0.4) is 0 Å². The summed E-state index contributed by atoms with van der Waals surface area (Å²) in [7, 11) is 0. The summed E-state index contributed by atoms with van der Waals surface area (Å²) in [6, 6.07) is 14.8. The number of hydrogen-bond acceptors (Lipinski definition) is 7. The number of carbonyl (C=O) groups excluding carboxylic acids is 3. The number of hydrogen-bond donors (Lipinski definition) is 2. The molecule has 44 heavy (non-hydrogen) atoms. The molecule has 1 atom stereocenters. The van der Waals surface area contributed by atoms with Crippen molar-refractivity contribution in [2.75, 3.05) is 26.2 Å². The SMILES string of the molecule is CC(C)C[C@H]1NC(=O)CN(C(=O)CCc2ccc(-c3cccs3)o2)CCCOc2cccc(c2)-c2nccn2CCNC1=O. The zero-order chi connectivity index (χ0) is 30.9. The number of ether oxygens (including phenoxy) is 1. The second-order valence-electron chi connectivity index (χ2n) is 11.3. The Labute approximate surface area is 261 Å². The lowest BCUT2D eigenvalue weighted by molar-refractivity contribution is -0.137. The van der Waals surface area contributed by atoms with Crippen LogP contribution in [-0.4, -0.2) is 64.5 Å². The first-order valence-corrected chi connectivity index (χ1v) is 16.0. The molecule has 1 aliphatic rings. The van der Waals surface area contributed by atoms with Crippen LogP contribution in [-0.2, 0) is 27.3 Å². The number of nitrogens with zero attached hydrogens (tertiary/aromatic N) is 3. The monoisotopic (exact) mass is 617 g/mol. The molecule has 11 heteroatoms. The van der Waals surface area contributed by atoms with Gasteiger partial charge in [-0.1, -0.05) is 32.0 Å². The van der Waals surface area contributed by atoms with E-state index < -0.39 is 6.04 Å². The van der Waals surface area contributed by atoms with Crippen molar-refractivity contribution in [1.29, 1.82) is 0 Å². The Morgan fingerprint density at radius 2 is 2.02 bits per heavy atom. The fourth-order valence-electron chi connectivity index (χ4n) is 5.20. The van der Waals surface area contributed by atoms with Crippen LogP contribution >= 0.6 is 11.3 Å². The molecule has 5 rings (SSSR count). The van der Waals surface area contributed by atoms with Crippen molar-refractivity contribution in [1.82, 2.24) is 25.1 Å². The van der Waals surface area contributed by atoms with Gasteiger partial charge in [0.05, 0.1) is 18.0 Å². The van der Waals surface area contributed by atoms with Gasteiger partial charge in [-0.15, -0.1) is 11.3 Å². The van der Waals surface area contributed by atoms with Crippen LogP contribution in [0.25, 0.3) is 22.0 Å². The van der Waals surface area contributed by atoms with Gasteiger partial charge in [0.2, 0.25) is 17.7 Å². The van der Waals surface area contributed by atoms with Gasteiger partial charge in [0.15, 0.2) is 0 Å². The Morgan fingerprint density at radius 1 is 1.14 bits per heavy atom. The average molecular weight is 618 g/mol. The van der Waals surface area contributed by atoms with E-state index in [1.807, 2.05) is 78.5 Å². The fraction of sp³-hybridized carbons (Fsp3) is 0.394. The Kier molecular flexibility index (Phi) is 10.5. The summed E-state index contributed by atoms with van der Waals surface area (Å²) in [5.41, 5.74) is 0.904. The highest BCUT2D eigenvalue weighted by atomic mass is 32.1. The number of nitrogens with one attached hydrogen (secondary N) is 2. The van der Waals surface area contributed by atoms with Gasteiger partial charge in [-0.2, -0.15) is 0 Å². The van der Waals surface area contributed by atoms with Crippen LogP contribution in [0.4, 0.5) is 0 Å². The third-order valence-electron chi connectivity index (χ3n) is 7.36. The quantitative estimate of drug-likeness (QED) is 0.322. The second kappa shape index (κ2) is 14.9. The zero-order valence-electron chi connectivity index (χ0n) is 25.2. The first kappa shape index (κ1) is 31.1. The molecule has 4 aromatic rings. The van der Waals surface area contributed by atoms with Crippen LogP contribution < -0.4 is 15.4 Å². The van der Waals surface area contributed by atoms with Gasteiger partial charge in [0, 0.05) is 50.4 Å². The summed E-state index contributed by atoms with van der Waals surface area (Å²) in [6.07, 6.45) is 5.22. The summed E-state index contributed by atoms with van der Waals surface area (Å²) >= 11 is 1.59. The number of thiophene rings is 1. The van der Waals surface area contributed by atoms with Crippen molar-refractivity contribution >= 4 is 29.1 Å². The summed E-state index contributed by atoms with van der Waals surface area (Å²) in [6.45, 7) is 5.44. The maximum atomic E-state index is 13.4. The molecule has 3 amide bonds. The lowest BCUT2D eigenvalue weighted by atomic mass is 10.0. The Bertz CT molecular complexity index is 1540. The van der Waals surface area contributed by atoms with Gasteiger partial charge in [0.25, 0.3) is 0 Å². The summed E-state index contributed by atoms with van der Waals surface area (Å²) in [5, 5.41) is 7.84. The van der Waals surface area contributed by atoms with Crippen molar-refractivity contribution in [3.05, 3.63) is 72.1 Å². The molecule has 2 bridgehead atoms. The van der Waals surface area contributed by atoms with E-state index in [4.69, 9.17) is 9.15 Å². The molecule has 1 aromatic carbocycles. The molecule has 3 aromatic heterocycles. The maximum Gasteiger partial charge on any atom is 0.242 e. The number of aryl methyl sites for hydroxylation is 1. The number of fused-ring (bicyclic) bond motifs is 4. The van der Waals surface area contributed by atoms with Crippen molar-refractivity contribution in [2.24, 2.45) is 5.92 Å². The molecule has 10 nitrogen and oxygen atoms in total. The molecule has 0 spiro atoms. The number of benzene rings is 1. The van der Waals surface area contributed by atoms with E-state index in [1.54, 1.807) is 22.4 Å². The Balaban J connectivity index is 1.30. The smallest absolute Gasteiger partial charge is 0.242 e. The number of carbonyl (C=O) groups is 3. The van der Waals surface area contributed by atoms with E-state index in [0.29, 0.717) is 57.0 Å². The fourth-order valence-corrected chi connectivity index (χ4v) is 5.89. The lowest BCUT2D eigenvalue weighted by Gasteiger charge is -2.25. The highest BCUT2D eigenvalue weighted by Gasteiger charge is 2.25. The second-order valence-corrected chi connectivity index (χ2v) is 12.2. The van der Waals surface area contributed by atoms with Gasteiger partial charge in [0.1, 0.15) is 29.1 Å². The largest absolute Gasteiger partial charge is 0.494 e. The molecule has 0 fully saturated rings. The van der Waals surface area contributed by atoms with Crippen LogP contribution in [0, 0.1) is 5.92 Å². The van der Waals surface area contributed by atoms with E-state index in [9.17, 15) is 14.4 Å². The molecule has 0 aliphatic carbocycles. The molecule has 0 unspecified atom stereocenters. The number of furan rings is 1. The molecule has 2 N–H and O–H groups in total. The number of imidazole rings is 1. The Hall–Kier alpha value is -4.38. The van der Waals surface area contributed by atoms with Crippen molar-refractivity contribution in [3.8, 4) is 27.8 Å². The van der Waals surface area contributed by atoms with E-state index in [2.05, 4.69) is 15.6 Å². The van der Waals surface area contributed by atoms with E-state index >= 15 is 0 Å². The third kappa shape index (κ3) is 8.37. The average Bonchev–Trinajstić information content (AvgIpc) is 3.79. The lowest BCUT2D eigenvalue weighted by Crippen LogP contribution is -2.51. The minimum Gasteiger partial charge on any atom is -0.494 e. The number of rotatable bonds is 6. The number of aromatic nitrogens is 2. The van der Waals surface area contributed by atoms with Gasteiger partial charge < -0.3 is 29.3 Å². The predicted molar refractivity (Wildman–Crippen MR) is 169 cm³/mol. The predicted octanol–water partition coefficient (Wildman–Crippen LogP) is 4.76. The highest BCUT2D eigenvalue weighted by molar-refractivity contribution is 7.13. The first-order chi connectivity index (χ1) is 21.4. The highest BCUT2D eigenvalue weighted by Crippen LogP contribution is 2.27. The van der Waals surface area contributed by atoms with Gasteiger partial charge in [-0.05, 0) is 54.5 Å². The van der Waals surface area contributed by atoms with Gasteiger partial charge in [-0.25, -0.2) is 4.98 Å². The molecule has 0 radical (unpaired) electrons. The van der Waals surface area contributed by atoms with Crippen LogP contribution in [0.2, 0.25) is 0 Å². The van der Waals surface area contributed by atoms with Crippen molar-refractivity contribution in [2.45, 2.75) is 52.1 Å². The molecule has 0 saturated carbocycles. The van der Waals surface area contributed by atoms with Crippen molar-refractivity contribution in [3.63, 3.8) is 0 Å². The maximum absolute atomic E-state index is 13.4. The van der Waals surface area contributed by atoms with Crippen LogP contribution in [0.1, 0.15) is 38.9 Å². The van der Waals surface area contributed by atoms with E-state index in [0.717, 1.165) is 22.0 Å². The van der Waals surface area contributed by atoms with E-state index in [-0.39, 0.29) is 36.6 Å². The van der Waals surface area contributed by atoms with Crippen molar-refractivity contribution < 1.29 is 23.5 Å². The molecule has 232 valence electrons. The minimum absolute atomic E-state index is 0.146.